The normalized spacial score (nSPS) is 32.9. The minimum Gasteiger partial charge on any atom is -0.394 e. The third kappa shape index (κ3) is 5.21. The van der Waals surface area contributed by atoms with Crippen LogP contribution < -0.4 is 0 Å². The largest absolute Gasteiger partial charge is 0.394 e. The number of hydrogen-bond donors (Lipinski definition) is 2. The molecule has 200 valence electrons. The van der Waals surface area contributed by atoms with Crippen molar-refractivity contribution in [3.63, 3.8) is 0 Å². The topological polar surface area (TPSA) is 104 Å². The summed E-state index contributed by atoms with van der Waals surface area (Å²) in [4.78, 5) is 12.8. The van der Waals surface area contributed by atoms with Crippen molar-refractivity contribution in [2.24, 2.45) is 5.92 Å². The van der Waals surface area contributed by atoms with Crippen LogP contribution in [0.5, 0.6) is 0 Å². The molecular formula is C27H44O8. The Labute approximate surface area is 209 Å². The first-order chi connectivity index (χ1) is 16.8. The fourth-order valence-corrected chi connectivity index (χ4v) is 5.36. The van der Waals surface area contributed by atoms with Crippen molar-refractivity contribution < 1.29 is 38.7 Å². The van der Waals surface area contributed by atoms with E-state index in [4.69, 9.17) is 23.7 Å². The summed E-state index contributed by atoms with van der Waals surface area (Å²) in [7, 11) is 3.10. The fraction of sp³-hybridized carbons (Fsp3) is 0.741. The van der Waals surface area contributed by atoms with E-state index in [1.54, 1.807) is 7.11 Å². The zero-order chi connectivity index (χ0) is 26.5. The summed E-state index contributed by atoms with van der Waals surface area (Å²) in [6.07, 6.45) is -2.65. The number of aryl methyl sites for hydroxylation is 1. The average molecular weight is 497 g/mol. The summed E-state index contributed by atoms with van der Waals surface area (Å²) in [6.45, 7) is 14.1. The number of Topliss-reactive ketones (excluding diaryl/α,β-unsaturated/α-hetero) is 1. The van der Waals surface area contributed by atoms with E-state index < -0.39 is 30.2 Å². The van der Waals surface area contributed by atoms with Crippen LogP contribution in [0.1, 0.15) is 73.3 Å². The van der Waals surface area contributed by atoms with Gasteiger partial charge in [-0.3, -0.25) is 4.79 Å². The van der Waals surface area contributed by atoms with Crippen LogP contribution in [0.4, 0.5) is 0 Å². The second kappa shape index (κ2) is 12.7. The highest BCUT2D eigenvalue weighted by Gasteiger charge is 2.62. The number of aliphatic hydroxyl groups is 2. The van der Waals surface area contributed by atoms with Crippen LogP contribution in [0.15, 0.2) is 6.07 Å². The molecule has 35 heavy (non-hydrogen) atoms. The molecular weight excluding hydrogens is 452 g/mol. The molecule has 0 radical (unpaired) electrons. The van der Waals surface area contributed by atoms with Crippen molar-refractivity contribution in [3.8, 4) is 0 Å². The van der Waals surface area contributed by atoms with Crippen LogP contribution >= 0.6 is 0 Å². The first-order valence-corrected chi connectivity index (χ1v) is 12.7. The standard InChI is InChI=1S/C23H32O8.2C2H6/c1-11-8-15-17(18(25)13(3)20(15)27-4)12(2)14(11)6-7-30-23-10-29-22(23)19(26)21(28-5)16(9-24)31-23;2*1-2/h8,13,16,19-22,24,26H,6-7,9-10H2,1-5H3;2*1-2H3/t13-,16?,19?,20-,21?,22+,23?;;/m1../s1. The number of carbonyl (C=O) groups excluding carboxylic acids is 1. The molecule has 7 atom stereocenters. The van der Waals surface area contributed by atoms with Gasteiger partial charge in [0.15, 0.2) is 5.78 Å². The highest BCUT2D eigenvalue weighted by molar-refractivity contribution is 6.04. The Morgan fingerprint density at radius 1 is 1.14 bits per heavy atom. The van der Waals surface area contributed by atoms with Crippen LogP contribution in [0, 0.1) is 19.8 Å². The van der Waals surface area contributed by atoms with Gasteiger partial charge in [0.2, 0.25) is 5.79 Å². The van der Waals surface area contributed by atoms with E-state index in [1.807, 2.05) is 54.5 Å². The van der Waals surface area contributed by atoms with Crippen molar-refractivity contribution >= 4 is 5.78 Å². The van der Waals surface area contributed by atoms with Gasteiger partial charge in [-0.05, 0) is 42.5 Å². The molecule has 2 heterocycles. The van der Waals surface area contributed by atoms with Gasteiger partial charge < -0.3 is 33.9 Å². The first kappa shape index (κ1) is 29.8. The van der Waals surface area contributed by atoms with Gasteiger partial charge in [-0.15, -0.1) is 0 Å². The minimum absolute atomic E-state index is 0.114. The molecule has 8 nitrogen and oxygen atoms in total. The van der Waals surface area contributed by atoms with Crippen LogP contribution in [0.25, 0.3) is 0 Å². The van der Waals surface area contributed by atoms with E-state index >= 15 is 0 Å². The quantitative estimate of drug-likeness (QED) is 0.593. The third-order valence-electron chi connectivity index (χ3n) is 7.05. The van der Waals surface area contributed by atoms with E-state index in [2.05, 4.69) is 0 Å². The Kier molecular flexibility index (Phi) is 10.8. The summed E-state index contributed by atoms with van der Waals surface area (Å²) < 4.78 is 28.5. The van der Waals surface area contributed by atoms with E-state index in [0.29, 0.717) is 13.0 Å². The monoisotopic (exact) mass is 496 g/mol. The molecule has 1 aromatic rings. The van der Waals surface area contributed by atoms with Gasteiger partial charge in [0.1, 0.15) is 31.0 Å². The lowest BCUT2D eigenvalue weighted by atomic mass is 9.88. The van der Waals surface area contributed by atoms with Crippen LogP contribution in [-0.2, 0) is 30.1 Å². The molecule has 2 N–H and O–H groups in total. The van der Waals surface area contributed by atoms with E-state index in [1.165, 1.54) is 7.11 Å². The number of carbonyl (C=O) groups is 1. The Bertz CT molecular complexity index is 854. The molecule has 4 rings (SSSR count). The summed E-state index contributed by atoms with van der Waals surface area (Å²) in [6, 6.07) is 2.05. The minimum atomic E-state index is -1.11. The summed E-state index contributed by atoms with van der Waals surface area (Å²) in [5.74, 6) is -1.19. The van der Waals surface area contributed by atoms with Crippen molar-refractivity contribution in [1.82, 2.24) is 0 Å². The lowest BCUT2D eigenvalue weighted by molar-refractivity contribution is -0.441. The van der Waals surface area contributed by atoms with Crippen LogP contribution in [0.3, 0.4) is 0 Å². The van der Waals surface area contributed by atoms with Crippen molar-refractivity contribution in [2.45, 2.75) is 91.2 Å². The van der Waals surface area contributed by atoms with Gasteiger partial charge in [0.25, 0.3) is 0 Å². The van der Waals surface area contributed by atoms with E-state index in [-0.39, 0.29) is 31.0 Å². The van der Waals surface area contributed by atoms with Gasteiger partial charge in [0.05, 0.1) is 25.2 Å². The van der Waals surface area contributed by atoms with Gasteiger partial charge in [0, 0.05) is 19.8 Å². The van der Waals surface area contributed by atoms with Crippen molar-refractivity contribution in [1.29, 1.82) is 0 Å². The first-order valence-electron chi connectivity index (χ1n) is 12.7. The summed E-state index contributed by atoms with van der Waals surface area (Å²) >= 11 is 0. The zero-order valence-corrected chi connectivity index (χ0v) is 22.7. The van der Waals surface area contributed by atoms with Gasteiger partial charge in [-0.1, -0.05) is 40.7 Å². The molecule has 3 aliphatic rings. The lowest BCUT2D eigenvalue weighted by Crippen LogP contribution is -2.75. The molecule has 1 aliphatic carbocycles. The van der Waals surface area contributed by atoms with Gasteiger partial charge in [-0.2, -0.15) is 0 Å². The number of hydrogen-bond acceptors (Lipinski definition) is 8. The van der Waals surface area contributed by atoms with E-state index in [9.17, 15) is 15.0 Å². The highest BCUT2D eigenvalue weighted by atomic mass is 16.8. The molecule has 0 aromatic heterocycles. The molecule has 4 unspecified atom stereocenters. The molecule has 0 saturated carbocycles. The number of rotatable bonds is 7. The van der Waals surface area contributed by atoms with Crippen LogP contribution in [0.2, 0.25) is 0 Å². The molecule has 0 spiro atoms. The highest BCUT2D eigenvalue weighted by Crippen LogP contribution is 2.43. The maximum atomic E-state index is 12.8. The number of fused-ring (bicyclic) bond motifs is 2. The van der Waals surface area contributed by atoms with Crippen LogP contribution in [-0.4, -0.2) is 80.2 Å². The molecule has 2 fully saturated rings. The van der Waals surface area contributed by atoms with Gasteiger partial charge >= 0.3 is 0 Å². The molecule has 0 bridgehead atoms. The van der Waals surface area contributed by atoms with Gasteiger partial charge in [-0.25, -0.2) is 0 Å². The summed E-state index contributed by atoms with van der Waals surface area (Å²) in [5, 5.41) is 20.2. The summed E-state index contributed by atoms with van der Waals surface area (Å²) in [5.41, 5.74) is 4.83. The number of ketones is 1. The number of ether oxygens (including phenoxy) is 5. The predicted octanol–water partition coefficient (Wildman–Crippen LogP) is 3.30. The zero-order valence-electron chi connectivity index (χ0n) is 22.7. The Morgan fingerprint density at radius 2 is 1.80 bits per heavy atom. The number of aliphatic hydroxyl groups excluding tert-OH is 2. The molecule has 2 saturated heterocycles. The maximum absolute atomic E-state index is 12.8. The molecule has 1 aromatic carbocycles. The maximum Gasteiger partial charge on any atom is 0.222 e. The number of methoxy groups -OCH3 is 2. The smallest absolute Gasteiger partial charge is 0.222 e. The molecule has 2 aliphatic heterocycles. The molecule has 0 amide bonds. The SMILES string of the molecule is CC.CC.COC1C(CO)OC2(OCCc3c(C)cc4c(c3C)C(=O)[C@@H](C)[C@H]4OC)CO[C@H]2C1O. The second-order valence-electron chi connectivity index (χ2n) is 8.74. The number of benzene rings is 1. The van der Waals surface area contributed by atoms with Crippen molar-refractivity contribution in [2.75, 3.05) is 34.0 Å². The molecule has 8 heteroatoms. The predicted molar refractivity (Wildman–Crippen MR) is 133 cm³/mol. The Balaban J connectivity index is 0.00000103. The lowest BCUT2D eigenvalue weighted by Gasteiger charge is -2.56. The van der Waals surface area contributed by atoms with Crippen molar-refractivity contribution in [3.05, 3.63) is 33.9 Å². The second-order valence-corrected chi connectivity index (χ2v) is 8.74. The fourth-order valence-electron chi connectivity index (χ4n) is 5.36. The average Bonchev–Trinajstić information content (AvgIpc) is 3.09. The Morgan fingerprint density at radius 3 is 2.31 bits per heavy atom. The third-order valence-corrected chi connectivity index (χ3v) is 7.05. The van der Waals surface area contributed by atoms with E-state index in [0.717, 1.165) is 27.8 Å². The Hall–Kier alpha value is -1.39.